The Labute approximate surface area is 232 Å². The normalized spacial score (nSPS) is 22.6. The highest BCUT2D eigenvalue weighted by molar-refractivity contribution is 9.10. The minimum atomic E-state index is -0.826. The van der Waals surface area contributed by atoms with Crippen molar-refractivity contribution in [2.45, 2.75) is 18.8 Å². The molecule has 2 atom stereocenters. The van der Waals surface area contributed by atoms with Crippen molar-refractivity contribution in [3.8, 4) is 0 Å². The number of hydrogen-bond acceptors (Lipinski definition) is 5. The van der Waals surface area contributed by atoms with Crippen LogP contribution in [0.25, 0.3) is 0 Å². The van der Waals surface area contributed by atoms with Crippen LogP contribution in [0, 0.1) is 18.8 Å². The molecule has 192 valence electrons. The van der Waals surface area contributed by atoms with Crippen molar-refractivity contribution in [2.24, 2.45) is 11.8 Å². The molecule has 4 aliphatic rings. The number of carbonyl (C=O) groups is 4. The van der Waals surface area contributed by atoms with Crippen LogP contribution in [-0.2, 0) is 23.9 Å². The van der Waals surface area contributed by atoms with Crippen LogP contribution in [0.1, 0.15) is 39.7 Å². The van der Waals surface area contributed by atoms with E-state index in [-0.39, 0.29) is 23.7 Å². The van der Waals surface area contributed by atoms with Crippen LogP contribution in [0.15, 0.2) is 65.1 Å². The summed E-state index contributed by atoms with van der Waals surface area (Å²) in [5, 5.41) is 3.12. The van der Waals surface area contributed by atoms with Crippen molar-refractivity contribution in [3.63, 3.8) is 0 Å². The number of halogens is 2. The first kappa shape index (κ1) is 24.8. The van der Waals surface area contributed by atoms with Gasteiger partial charge in [-0.3, -0.25) is 24.1 Å². The summed E-state index contributed by atoms with van der Waals surface area (Å²) in [7, 11) is 0. The Morgan fingerprint density at radius 1 is 0.895 bits per heavy atom. The third-order valence-electron chi connectivity index (χ3n) is 7.80. The topological polar surface area (TPSA) is 92.8 Å². The molecule has 1 saturated heterocycles. The SMILES string of the molecule is Cc1c(NC(=O)COC(=O)CN2C(=O)[C@@H]3C4c5ccccc5C(c5ccccc54)[C@@H]3C2=O)ccc(Br)c1Cl. The summed E-state index contributed by atoms with van der Waals surface area (Å²) in [5.74, 6) is -3.77. The largest absolute Gasteiger partial charge is 0.454 e. The lowest BCUT2D eigenvalue weighted by molar-refractivity contribution is -0.154. The molecule has 7 nitrogen and oxygen atoms in total. The fourth-order valence-corrected chi connectivity index (χ4v) is 6.78. The van der Waals surface area contributed by atoms with Crippen LogP contribution >= 0.6 is 27.5 Å². The zero-order valence-corrected chi connectivity index (χ0v) is 22.6. The molecule has 1 heterocycles. The third kappa shape index (κ3) is 3.77. The van der Waals surface area contributed by atoms with E-state index >= 15 is 0 Å². The standard InChI is InChI=1S/C29H22BrClN2O5/c1-14-20(11-10-19(30)27(14)31)32-21(34)13-38-22(35)12-33-28(36)25-23-15-6-2-3-7-16(15)24(26(25)29(33)37)18-9-5-4-8-17(18)23/h2-11,23-26H,12-13H2,1H3,(H,32,34)/t23?,24?,25-,26+. The van der Waals surface area contributed by atoms with E-state index in [4.69, 9.17) is 16.3 Å². The van der Waals surface area contributed by atoms with Gasteiger partial charge in [0.05, 0.1) is 16.9 Å². The highest BCUT2D eigenvalue weighted by Gasteiger charge is 2.61. The summed E-state index contributed by atoms with van der Waals surface area (Å²) in [5.41, 5.74) is 5.38. The number of nitrogens with zero attached hydrogens (tertiary/aromatic N) is 1. The highest BCUT2D eigenvalue weighted by atomic mass is 79.9. The number of rotatable bonds is 5. The molecule has 38 heavy (non-hydrogen) atoms. The first-order chi connectivity index (χ1) is 18.3. The second-order valence-corrected chi connectivity index (χ2v) is 11.0. The average Bonchev–Trinajstić information content (AvgIpc) is 3.17. The summed E-state index contributed by atoms with van der Waals surface area (Å²) in [4.78, 5) is 53.2. The number of anilines is 1. The predicted molar refractivity (Wildman–Crippen MR) is 144 cm³/mol. The second kappa shape index (κ2) is 9.36. The number of likely N-dealkylation sites (tertiary alicyclic amines) is 1. The first-order valence-electron chi connectivity index (χ1n) is 12.2. The number of hydrogen-bond donors (Lipinski definition) is 1. The van der Waals surface area contributed by atoms with Gasteiger partial charge >= 0.3 is 5.97 Å². The van der Waals surface area contributed by atoms with Crippen molar-refractivity contribution in [1.82, 2.24) is 4.90 Å². The Kier molecular flexibility index (Phi) is 6.12. The smallest absolute Gasteiger partial charge is 0.326 e. The third-order valence-corrected chi connectivity index (χ3v) is 9.18. The molecule has 7 rings (SSSR count). The molecule has 0 spiro atoms. The Morgan fingerprint density at radius 3 is 1.89 bits per heavy atom. The summed E-state index contributed by atoms with van der Waals surface area (Å²) >= 11 is 9.52. The quantitative estimate of drug-likeness (QED) is 0.339. The fourth-order valence-electron chi connectivity index (χ4n) is 6.19. The predicted octanol–water partition coefficient (Wildman–Crippen LogP) is 4.78. The Balaban J connectivity index is 1.17. The maximum Gasteiger partial charge on any atom is 0.326 e. The van der Waals surface area contributed by atoms with Crippen molar-refractivity contribution in [3.05, 3.63) is 98.0 Å². The maximum atomic E-state index is 13.6. The van der Waals surface area contributed by atoms with Gasteiger partial charge in [-0.25, -0.2) is 0 Å². The van der Waals surface area contributed by atoms with Gasteiger partial charge in [0.15, 0.2) is 6.61 Å². The summed E-state index contributed by atoms with van der Waals surface area (Å²) in [6, 6.07) is 19.2. The molecule has 0 aromatic heterocycles. The molecule has 0 unspecified atom stereocenters. The average molecular weight is 594 g/mol. The zero-order chi connectivity index (χ0) is 26.7. The van der Waals surface area contributed by atoms with Crippen molar-refractivity contribution < 1.29 is 23.9 Å². The summed E-state index contributed by atoms with van der Waals surface area (Å²) < 4.78 is 5.83. The molecule has 0 saturated carbocycles. The van der Waals surface area contributed by atoms with E-state index in [1.54, 1.807) is 19.1 Å². The fraction of sp³-hybridized carbons (Fsp3) is 0.241. The van der Waals surface area contributed by atoms with E-state index in [2.05, 4.69) is 21.2 Å². The number of carbonyl (C=O) groups excluding carboxylic acids is 4. The molecule has 3 aromatic rings. The molecule has 0 radical (unpaired) electrons. The lowest BCUT2D eigenvalue weighted by atomic mass is 9.55. The Bertz CT molecular complexity index is 1420. The van der Waals surface area contributed by atoms with E-state index in [0.717, 1.165) is 27.2 Å². The Morgan fingerprint density at radius 2 is 1.39 bits per heavy atom. The minimum absolute atomic E-state index is 0.248. The van der Waals surface area contributed by atoms with Crippen LogP contribution in [0.5, 0.6) is 0 Å². The van der Waals surface area contributed by atoms with Crippen molar-refractivity contribution in [2.75, 3.05) is 18.5 Å². The molecule has 3 aromatic carbocycles. The van der Waals surface area contributed by atoms with Gasteiger partial charge in [0.1, 0.15) is 6.54 Å². The summed E-state index contributed by atoms with van der Waals surface area (Å²) in [6.45, 7) is 0.660. The van der Waals surface area contributed by atoms with Gasteiger partial charge in [0.25, 0.3) is 5.91 Å². The molecular formula is C29H22BrClN2O5. The van der Waals surface area contributed by atoms with E-state index < -0.39 is 36.9 Å². The molecule has 3 amide bonds. The number of ether oxygens (including phenoxy) is 1. The lowest BCUT2D eigenvalue weighted by Crippen LogP contribution is -2.41. The van der Waals surface area contributed by atoms with Gasteiger partial charge in [0.2, 0.25) is 11.8 Å². The molecule has 2 bridgehead atoms. The highest BCUT2D eigenvalue weighted by Crippen LogP contribution is 2.60. The van der Waals surface area contributed by atoms with Crippen molar-refractivity contribution in [1.29, 1.82) is 0 Å². The van der Waals surface area contributed by atoms with Gasteiger partial charge in [-0.15, -0.1) is 0 Å². The van der Waals surface area contributed by atoms with E-state index in [0.29, 0.717) is 20.7 Å². The molecule has 9 heteroatoms. The van der Waals surface area contributed by atoms with Gasteiger partial charge in [-0.1, -0.05) is 60.1 Å². The molecular weight excluding hydrogens is 572 g/mol. The van der Waals surface area contributed by atoms with Gasteiger partial charge in [-0.2, -0.15) is 0 Å². The van der Waals surface area contributed by atoms with E-state index in [1.165, 1.54) is 0 Å². The minimum Gasteiger partial charge on any atom is -0.454 e. The number of imide groups is 1. The first-order valence-corrected chi connectivity index (χ1v) is 13.4. The number of amides is 3. The van der Waals surface area contributed by atoms with Crippen LogP contribution in [0.4, 0.5) is 5.69 Å². The lowest BCUT2D eigenvalue weighted by Gasteiger charge is -2.45. The van der Waals surface area contributed by atoms with Gasteiger partial charge in [0, 0.05) is 22.0 Å². The van der Waals surface area contributed by atoms with Gasteiger partial charge < -0.3 is 10.1 Å². The van der Waals surface area contributed by atoms with Crippen LogP contribution in [-0.4, -0.2) is 41.7 Å². The van der Waals surface area contributed by atoms with Crippen LogP contribution in [0.3, 0.4) is 0 Å². The molecule has 3 aliphatic carbocycles. The monoisotopic (exact) mass is 592 g/mol. The molecule has 1 aliphatic heterocycles. The molecule has 1 N–H and O–H groups in total. The number of nitrogens with one attached hydrogen (secondary N) is 1. The van der Waals surface area contributed by atoms with Crippen LogP contribution in [0.2, 0.25) is 5.02 Å². The zero-order valence-electron chi connectivity index (χ0n) is 20.2. The van der Waals surface area contributed by atoms with Crippen molar-refractivity contribution >= 4 is 56.9 Å². The maximum absolute atomic E-state index is 13.6. The Hall–Kier alpha value is -3.49. The number of esters is 1. The summed E-state index contributed by atoms with van der Waals surface area (Å²) in [6.07, 6.45) is 0. The van der Waals surface area contributed by atoms with E-state index in [9.17, 15) is 19.2 Å². The number of benzene rings is 3. The van der Waals surface area contributed by atoms with Gasteiger partial charge in [-0.05, 0) is 62.8 Å². The van der Waals surface area contributed by atoms with Crippen LogP contribution < -0.4 is 5.32 Å². The second-order valence-electron chi connectivity index (χ2n) is 9.77. The molecule has 1 fully saturated rings. The van der Waals surface area contributed by atoms with E-state index in [1.807, 2.05) is 48.5 Å².